The van der Waals surface area contributed by atoms with Crippen molar-refractivity contribution in [2.45, 2.75) is 12.6 Å². The molecule has 0 saturated carbocycles. The van der Waals surface area contributed by atoms with Crippen molar-refractivity contribution in [2.75, 3.05) is 14.1 Å². The molecular formula is C10H11ClF3NO. The SMILES string of the molecule is CN(C)C(=O)C1CC=C(Cl)C=C1C(F)(F)F. The van der Waals surface area contributed by atoms with Crippen molar-refractivity contribution >= 4 is 17.5 Å². The molecule has 1 atom stereocenters. The fourth-order valence-electron chi connectivity index (χ4n) is 1.49. The number of carbonyl (C=O) groups excluding carboxylic acids is 1. The van der Waals surface area contributed by atoms with Crippen LogP contribution in [0.25, 0.3) is 0 Å². The van der Waals surface area contributed by atoms with Gasteiger partial charge in [0.25, 0.3) is 0 Å². The molecule has 2 nitrogen and oxygen atoms in total. The summed E-state index contributed by atoms with van der Waals surface area (Å²) in [4.78, 5) is 12.7. The van der Waals surface area contributed by atoms with Gasteiger partial charge in [-0.05, 0) is 12.5 Å². The second-order valence-corrected chi connectivity index (χ2v) is 4.14. The van der Waals surface area contributed by atoms with Crippen molar-refractivity contribution in [3.63, 3.8) is 0 Å². The first-order valence-corrected chi connectivity index (χ1v) is 4.97. The average Bonchev–Trinajstić information content (AvgIpc) is 2.15. The van der Waals surface area contributed by atoms with E-state index in [0.29, 0.717) is 0 Å². The fraction of sp³-hybridized carbons (Fsp3) is 0.500. The van der Waals surface area contributed by atoms with Crippen LogP contribution in [0.1, 0.15) is 6.42 Å². The number of hydrogen-bond acceptors (Lipinski definition) is 1. The zero-order valence-electron chi connectivity index (χ0n) is 8.81. The Kier molecular flexibility index (Phi) is 3.68. The standard InChI is InChI=1S/C10H11ClF3NO/c1-15(2)9(16)7-4-3-6(11)5-8(7)10(12,13)14/h3,5,7H,4H2,1-2H3. The zero-order chi connectivity index (χ0) is 12.5. The largest absolute Gasteiger partial charge is 0.413 e. The van der Waals surface area contributed by atoms with E-state index in [-0.39, 0.29) is 11.5 Å². The lowest BCUT2D eigenvalue weighted by atomic mass is 9.90. The van der Waals surface area contributed by atoms with Crippen molar-refractivity contribution in [1.82, 2.24) is 4.90 Å². The molecule has 6 heteroatoms. The van der Waals surface area contributed by atoms with Crippen molar-refractivity contribution in [3.8, 4) is 0 Å². The number of nitrogens with zero attached hydrogens (tertiary/aromatic N) is 1. The average molecular weight is 254 g/mol. The predicted octanol–water partition coefficient (Wildman–Crippen LogP) is 2.71. The van der Waals surface area contributed by atoms with E-state index in [1.807, 2.05) is 0 Å². The Morgan fingerprint density at radius 1 is 1.50 bits per heavy atom. The lowest BCUT2D eigenvalue weighted by molar-refractivity contribution is -0.137. The summed E-state index contributed by atoms with van der Waals surface area (Å²) in [6.45, 7) is 0. The lowest BCUT2D eigenvalue weighted by Gasteiger charge is -2.25. The Labute approximate surface area is 96.4 Å². The van der Waals surface area contributed by atoms with E-state index < -0.39 is 23.6 Å². The number of hydrogen-bond donors (Lipinski definition) is 0. The number of halogens is 4. The van der Waals surface area contributed by atoms with Gasteiger partial charge in [0, 0.05) is 24.7 Å². The summed E-state index contributed by atoms with van der Waals surface area (Å²) in [6.07, 6.45) is -2.30. The summed E-state index contributed by atoms with van der Waals surface area (Å²) in [5.41, 5.74) is -0.876. The summed E-state index contributed by atoms with van der Waals surface area (Å²) in [5.74, 6) is -1.75. The maximum absolute atomic E-state index is 12.7. The van der Waals surface area contributed by atoms with Gasteiger partial charge in [-0.1, -0.05) is 17.7 Å². The summed E-state index contributed by atoms with van der Waals surface area (Å²) in [5, 5.41) is 0.0233. The number of carbonyl (C=O) groups is 1. The fourth-order valence-corrected chi connectivity index (χ4v) is 1.70. The molecule has 0 N–H and O–H groups in total. The summed E-state index contributed by atoms with van der Waals surface area (Å²) in [6, 6.07) is 0. The van der Waals surface area contributed by atoms with Gasteiger partial charge >= 0.3 is 6.18 Å². The minimum Gasteiger partial charge on any atom is -0.348 e. The quantitative estimate of drug-likeness (QED) is 0.704. The highest BCUT2D eigenvalue weighted by atomic mass is 35.5. The Morgan fingerprint density at radius 3 is 2.50 bits per heavy atom. The number of amides is 1. The third-order valence-corrected chi connectivity index (χ3v) is 2.55. The van der Waals surface area contributed by atoms with Crippen LogP contribution in [-0.2, 0) is 4.79 Å². The Bertz CT molecular complexity index is 358. The third kappa shape index (κ3) is 2.78. The smallest absolute Gasteiger partial charge is 0.348 e. The van der Waals surface area contributed by atoms with E-state index in [4.69, 9.17) is 11.6 Å². The molecule has 1 amide bonds. The minimum absolute atomic E-state index is 0.0127. The first-order chi connectivity index (χ1) is 7.23. The van der Waals surface area contributed by atoms with Gasteiger partial charge in [0.15, 0.2) is 0 Å². The van der Waals surface area contributed by atoms with Gasteiger partial charge in [0.1, 0.15) is 0 Å². The van der Waals surface area contributed by atoms with Crippen LogP contribution in [0.3, 0.4) is 0 Å². The van der Waals surface area contributed by atoms with Crippen molar-refractivity contribution in [3.05, 3.63) is 22.8 Å². The van der Waals surface area contributed by atoms with Gasteiger partial charge in [-0.3, -0.25) is 4.79 Å². The highest BCUT2D eigenvalue weighted by molar-refractivity contribution is 6.31. The molecule has 0 aromatic rings. The maximum Gasteiger partial charge on any atom is 0.413 e. The predicted molar refractivity (Wildman–Crippen MR) is 54.9 cm³/mol. The molecule has 1 aliphatic rings. The molecule has 0 aromatic heterocycles. The van der Waals surface area contributed by atoms with Gasteiger partial charge < -0.3 is 4.90 Å². The summed E-state index contributed by atoms with van der Waals surface area (Å²) >= 11 is 5.53. The molecule has 1 rings (SSSR count). The molecule has 0 fully saturated rings. The van der Waals surface area contributed by atoms with Crippen LogP contribution >= 0.6 is 11.6 Å². The van der Waals surface area contributed by atoms with Gasteiger partial charge in [-0.15, -0.1) is 0 Å². The molecule has 0 radical (unpaired) electrons. The van der Waals surface area contributed by atoms with Crippen molar-refractivity contribution < 1.29 is 18.0 Å². The van der Waals surface area contributed by atoms with Gasteiger partial charge in [0.05, 0.1) is 5.92 Å². The van der Waals surface area contributed by atoms with E-state index in [9.17, 15) is 18.0 Å². The third-order valence-electron chi connectivity index (χ3n) is 2.28. The van der Waals surface area contributed by atoms with Gasteiger partial charge in [-0.2, -0.15) is 13.2 Å². The molecule has 90 valence electrons. The van der Waals surface area contributed by atoms with Crippen LogP contribution in [0.5, 0.6) is 0 Å². The second kappa shape index (κ2) is 4.49. The van der Waals surface area contributed by atoms with E-state index in [1.165, 1.54) is 20.2 Å². The van der Waals surface area contributed by atoms with Crippen LogP contribution in [0.2, 0.25) is 0 Å². The Hall–Kier alpha value is -0.970. The molecule has 0 bridgehead atoms. The molecule has 16 heavy (non-hydrogen) atoms. The van der Waals surface area contributed by atoms with Crippen LogP contribution in [0, 0.1) is 5.92 Å². The Morgan fingerprint density at radius 2 is 2.06 bits per heavy atom. The molecule has 0 aromatic carbocycles. The topological polar surface area (TPSA) is 20.3 Å². The molecule has 1 unspecified atom stereocenters. The van der Waals surface area contributed by atoms with Gasteiger partial charge in [0.2, 0.25) is 5.91 Å². The molecule has 0 aliphatic heterocycles. The Balaban J connectivity index is 3.05. The van der Waals surface area contributed by atoms with Crippen LogP contribution in [0.4, 0.5) is 13.2 Å². The highest BCUT2D eigenvalue weighted by Gasteiger charge is 2.42. The van der Waals surface area contributed by atoms with Gasteiger partial charge in [-0.25, -0.2) is 0 Å². The van der Waals surface area contributed by atoms with E-state index in [0.717, 1.165) is 11.0 Å². The minimum atomic E-state index is -4.52. The molecular weight excluding hydrogens is 243 g/mol. The van der Waals surface area contributed by atoms with Crippen molar-refractivity contribution in [2.24, 2.45) is 5.92 Å². The maximum atomic E-state index is 12.7. The van der Waals surface area contributed by atoms with Crippen LogP contribution < -0.4 is 0 Å². The molecule has 0 heterocycles. The monoisotopic (exact) mass is 253 g/mol. The molecule has 0 spiro atoms. The van der Waals surface area contributed by atoms with Crippen molar-refractivity contribution in [1.29, 1.82) is 0 Å². The van der Waals surface area contributed by atoms with Crippen LogP contribution in [-0.4, -0.2) is 31.1 Å². The number of alkyl halides is 3. The number of rotatable bonds is 1. The van der Waals surface area contributed by atoms with E-state index >= 15 is 0 Å². The van der Waals surface area contributed by atoms with Crippen LogP contribution in [0.15, 0.2) is 22.8 Å². The normalized spacial score (nSPS) is 21.2. The summed E-state index contributed by atoms with van der Waals surface area (Å²) in [7, 11) is 2.85. The molecule has 0 saturated heterocycles. The first-order valence-electron chi connectivity index (χ1n) is 4.59. The zero-order valence-corrected chi connectivity index (χ0v) is 9.56. The van der Waals surface area contributed by atoms with E-state index in [2.05, 4.69) is 0 Å². The summed E-state index contributed by atoms with van der Waals surface area (Å²) < 4.78 is 38.0. The second-order valence-electron chi connectivity index (χ2n) is 3.71. The number of allylic oxidation sites excluding steroid dienone is 3. The van der Waals surface area contributed by atoms with E-state index in [1.54, 1.807) is 0 Å². The highest BCUT2D eigenvalue weighted by Crippen LogP contribution is 2.38. The first kappa shape index (κ1) is 13.1. The lowest BCUT2D eigenvalue weighted by Crippen LogP contribution is -2.35. The molecule has 1 aliphatic carbocycles.